The van der Waals surface area contributed by atoms with Gasteiger partial charge in [-0.1, -0.05) is 17.3 Å². The molecule has 1 aromatic heterocycles. The Labute approximate surface area is 164 Å². The van der Waals surface area contributed by atoms with Crippen LogP contribution < -0.4 is 11.1 Å². The van der Waals surface area contributed by atoms with Crippen LogP contribution in [-0.2, 0) is 5.75 Å². The molecule has 142 valence electrons. The molecular weight excluding hydrogens is 370 g/mol. The van der Waals surface area contributed by atoms with E-state index in [9.17, 15) is 4.79 Å². The van der Waals surface area contributed by atoms with E-state index < -0.39 is 0 Å². The number of halogens is 1. The Hall–Kier alpha value is -1.50. The molecule has 0 aliphatic heterocycles. The number of thioether (sulfide) groups is 1. The van der Waals surface area contributed by atoms with Gasteiger partial charge in [-0.3, -0.25) is 4.79 Å². The Kier molecular flexibility index (Phi) is 7.55. The van der Waals surface area contributed by atoms with E-state index in [0.29, 0.717) is 0 Å². The smallest absolute Gasteiger partial charge is 0.252 e. The van der Waals surface area contributed by atoms with Crippen molar-refractivity contribution < 1.29 is 9.32 Å². The van der Waals surface area contributed by atoms with Gasteiger partial charge in [-0.25, -0.2) is 0 Å². The Morgan fingerprint density at radius 1 is 1.27 bits per heavy atom. The van der Waals surface area contributed by atoms with Gasteiger partial charge in [0.1, 0.15) is 5.76 Å². The fourth-order valence-electron chi connectivity index (χ4n) is 3.16. The van der Waals surface area contributed by atoms with Crippen LogP contribution >= 0.6 is 24.2 Å². The summed E-state index contributed by atoms with van der Waals surface area (Å²) in [5.74, 6) is 1.58. The third kappa shape index (κ3) is 5.02. The summed E-state index contributed by atoms with van der Waals surface area (Å²) < 4.78 is 5.22. The summed E-state index contributed by atoms with van der Waals surface area (Å²) in [7, 11) is 0. The molecule has 1 aliphatic rings. The quantitative estimate of drug-likeness (QED) is 0.747. The normalized spacial score (nSPS) is 19.7. The molecule has 1 saturated carbocycles. The number of benzene rings is 1. The van der Waals surface area contributed by atoms with Gasteiger partial charge in [0, 0.05) is 28.3 Å². The third-order valence-corrected chi connectivity index (χ3v) is 5.89. The van der Waals surface area contributed by atoms with Crippen molar-refractivity contribution in [3.05, 3.63) is 46.8 Å². The fraction of sp³-hybridized carbons (Fsp3) is 0.474. The molecule has 0 radical (unpaired) electrons. The molecule has 0 spiro atoms. The minimum atomic E-state index is 0. The number of hydrogen-bond acceptors (Lipinski definition) is 5. The Bertz CT molecular complexity index is 723. The first-order valence-corrected chi connectivity index (χ1v) is 9.73. The maximum absolute atomic E-state index is 12.7. The summed E-state index contributed by atoms with van der Waals surface area (Å²) in [6.45, 7) is 3.86. The molecule has 2 aromatic rings. The van der Waals surface area contributed by atoms with Gasteiger partial charge in [0.2, 0.25) is 0 Å². The Morgan fingerprint density at radius 2 is 1.96 bits per heavy atom. The highest BCUT2D eigenvalue weighted by molar-refractivity contribution is 7.98. The van der Waals surface area contributed by atoms with E-state index in [1.54, 1.807) is 11.8 Å². The lowest BCUT2D eigenvalue weighted by atomic mass is 9.91. The molecule has 1 amide bonds. The van der Waals surface area contributed by atoms with Gasteiger partial charge in [-0.15, -0.1) is 24.2 Å². The highest BCUT2D eigenvalue weighted by atomic mass is 35.5. The number of rotatable bonds is 5. The largest absolute Gasteiger partial charge is 0.361 e. The van der Waals surface area contributed by atoms with Crippen molar-refractivity contribution in [2.24, 2.45) is 5.73 Å². The molecular formula is C19H26ClN3O2S. The number of nitrogens with zero attached hydrogens (tertiary/aromatic N) is 1. The van der Waals surface area contributed by atoms with Gasteiger partial charge < -0.3 is 15.6 Å². The zero-order valence-corrected chi connectivity index (χ0v) is 16.8. The average molecular weight is 396 g/mol. The summed E-state index contributed by atoms with van der Waals surface area (Å²) in [5.41, 5.74) is 8.68. The number of aromatic nitrogens is 1. The van der Waals surface area contributed by atoms with Crippen LogP contribution in [0.3, 0.4) is 0 Å². The number of nitrogens with two attached hydrogens (primary N) is 1. The van der Waals surface area contributed by atoms with E-state index >= 15 is 0 Å². The molecule has 3 rings (SSSR count). The van der Waals surface area contributed by atoms with E-state index in [0.717, 1.165) is 58.9 Å². The van der Waals surface area contributed by atoms with Crippen molar-refractivity contribution in [3.63, 3.8) is 0 Å². The minimum Gasteiger partial charge on any atom is -0.361 e. The second kappa shape index (κ2) is 9.44. The van der Waals surface area contributed by atoms with Crippen LogP contribution in [0, 0.1) is 13.8 Å². The van der Waals surface area contributed by atoms with E-state index in [2.05, 4.69) is 10.5 Å². The zero-order chi connectivity index (χ0) is 17.8. The lowest BCUT2D eigenvalue weighted by molar-refractivity contribution is 0.0923. The first kappa shape index (κ1) is 20.8. The van der Waals surface area contributed by atoms with E-state index in [4.69, 9.17) is 10.3 Å². The summed E-state index contributed by atoms with van der Waals surface area (Å²) in [5, 5.41) is 7.16. The van der Waals surface area contributed by atoms with Gasteiger partial charge in [0.15, 0.2) is 0 Å². The number of amides is 1. The molecule has 1 fully saturated rings. The van der Waals surface area contributed by atoms with Crippen LogP contribution in [-0.4, -0.2) is 23.1 Å². The SMILES string of the molecule is Cc1noc(C)c1CSc1ccccc1C(=O)NC1CCC(N)CC1.Cl. The standard InChI is InChI=1S/C19H25N3O2S.ClH/c1-12-17(13(2)24-22-12)11-25-18-6-4-3-5-16(18)19(23)21-15-9-7-14(20)8-10-15;/h3-6,14-15H,7-11,20H2,1-2H3,(H,21,23);1H. The lowest BCUT2D eigenvalue weighted by Gasteiger charge is -2.27. The van der Waals surface area contributed by atoms with Crippen LogP contribution in [0.1, 0.15) is 53.1 Å². The number of nitrogens with one attached hydrogen (secondary N) is 1. The molecule has 7 heteroatoms. The second-order valence-corrected chi connectivity index (χ2v) is 7.69. The van der Waals surface area contributed by atoms with Crippen molar-refractivity contribution in [2.75, 3.05) is 0 Å². The van der Waals surface area contributed by atoms with Crippen molar-refractivity contribution >= 4 is 30.1 Å². The predicted molar refractivity (Wildman–Crippen MR) is 107 cm³/mol. The highest BCUT2D eigenvalue weighted by Crippen LogP contribution is 2.29. The predicted octanol–water partition coefficient (Wildman–Crippen LogP) is 4.01. The van der Waals surface area contributed by atoms with Crippen LogP contribution in [0.4, 0.5) is 0 Å². The third-order valence-electron chi connectivity index (χ3n) is 4.79. The van der Waals surface area contributed by atoms with Crippen molar-refractivity contribution in [1.82, 2.24) is 10.5 Å². The first-order valence-electron chi connectivity index (χ1n) is 8.74. The molecule has 0 saturated heterocycles. The summed E-state index contributed by atoms with van der Waals surface area (Å²) in [6, 6.07) is 8.27. The Morgan fingerprint density at radius 3 is 2.62 bits per heavy atom. The second-order valence-electron chi connectivity index (χ2n) is 6.67. The van der Waals surface area contributed by atoms with E-state index in [1.807, 2.05) is 38.1 Å². The molecule has 3 N–H and O–H groups in total. The average Bonchev–Trinajstić information content (AvgIpc) is 2.93. The van der Waals surface area contributed by atoms with Gasteiger partial charge in [-0.2, -0.15) is 0 Å². The monoisotopic (exact) mass is 395 g/mol. The van der Waals surface area contributed by atoms with Crippen LogP contribution in [0.5, 0.6) is 0 Å². The lowest BCUT2D eigenvalue weighted by Crippen LogP contribution is -2.40. The molecule has 26 heavy (non-hydrogen) atoms. The van der Waals surface area contributed by atoms with E-state index in [1.165, 1.54) is 0 Å². The first-order chi connectivity index (χ1) is 12.0. The molecule has 0 bridgehead atoms. The molecule has 0 unspecified atom stereocenters. The summed E-state index contributed by atoms with van der Waals surface area (Å²) in [6.07, 6.45) is 3.88. The number of carbonyl (C=O) groups is 1. The summed E-state index contributed by atoms with van der Waals surface area (Å²) >= 11 is 1.64. The Balaban J connectivity index is 0.00000243. The fourth-order valence-corrected chi connectivity index (χ4v) is 4.37. The summed E-state index contributed by atoms with van der Waals surface area (Å²) in [4.78, 5) is 13.7. The molecule has 5 nitrogen and oxygen atoms in total. The maximum atomic E-state index is 12.7. The van der Waals surface area contributed by atoms with Crippen LogP contribution in [0.15, 0.2) is 33.7 Å². The van der Waals surface area contributed by atoms with Crippen molar-refractivity contribution in [1.29, 1.82) is 0 Å². The van der Waals surface area contributed by atoms with Gasteiger partial charge in [0.05, 0.1) is 11.3 Å². The number of aryl methyl sites for hydroxylation is 2. The highest BCUT2D eigenvalue weighted by Gasteiger charge is 2.22. The van der Waals surface area contributed by atoms with Gasteiger partial charge in [0.25, 0.3) is 5.91 Å². The van der Waals surface area contributed by atoms with Crippen LogP contribution in [0.25, 0.3) is 0 Å². The van der Waals surface area contributed by atoms with E-state index in [-0.39, 0.29) is 30.4 Å². The molecule has 0 atom stereocenters. The van der Waals surface area contributed by atoms with Crippen molar-refractivity contribution in [2.45, 2.75) is 62.3 Å². The zero-order valence-electron chi connectivity index (χ0n) is 15.2. The van der Waals surface area contributed by atoms with Crippen LogP contribution in [0.2, 0.25) is 0 Å². The molecule has 1 heterocycles. The molecule has 1 aromatic carbocycles. The minimum absolute atomic E-state index is 0. The van der Waals surface area contributed by atoms with Gasteiger partial charge >= 0.3 is 0 Å². The topological polar surface area (TPSA) is 81.2 Å². The van der Waals surface area contributed by atoms with Gasteiger partial charge in [-0.05, 0) is 51.7 Å². The number of hydrogen-bond donors (Lipinski definition) is 2. The maximum Gasteiger partial charge on any atom is 0.252 e. The number of carbonyl (C=O) groups excluding carboxylic acids is 1. The molecule has 1 aliphatic carbocycles. The van der Waals surface area contributed by atoms with Crippen molar-refractivity contribution in [3.8, 4) is 0 Å².